The zero-order valence-corrected chi connectivity index (χ0v) is 9.90. The van der Waals surface area contributed by atoms with E-state index in [4.69, 9.17) is 0 Å². The molecular weight excluding hydrogens is 170 g/mol. The average molecular weight is 193 g/mol. The minimum atomic E-state index is 0.425. The number of hydrogen-bond donors (Lipinski definition) is 0. The molecule has 2 rings (SSSR count). The summed E-state index contributed by atoms with van der Waals surface area (Å²) in [6, 6.07) is 0. The highest BCUT2D eigenvalue weighted by Gasteiger charge is 2.45. The van der Waals surface area contributed by atoms with Crippen LogP contribution in [0.3, 0.4) is 0 Å². The Hall–Kier alpha value is -0.560. The highest BCUT2D eigenvalue weighted by molar-refractivity contribution is 5.25. The highest BCUT2D eigenvalue weighted by Crippen LogP contribution is 2.44. The fourth-order valence-electron chi connectivity index (χ4n) is 2.73. The number of fused-ring (bicyclic) bond motifs is 1. The van der Waals surface area contributed by atoms with Gasteiger partial charge in [-0.05, 0) is 19.3 Å². The van der Waals surface area contributed by atoms with Gasteiger partial charge in [0, 0.05) is 18.6 Å². The molecule has 0 aliphatic carbocycles. The van der Waals surface area contributed by atoms with Gasteiger partial charge in [-0.3, -0.25) is 4.90 Å². The third-order valence-electron chi connectivity index (χ3n) is 3.32. The first-order chi connectivity index (χ1) is 6.66. The Morgan fingerprint density at radius 2 is 1.57 bits per heavy atom. The van der Waals surface area contributed by atoms with Crippen LogP contribution in [0.1, 0.15) is 40.0 Å². The van der Waals surface area contributed by atoms with Crippen LogP contribution in [0.2, 0.25) is 0 Å². The molecule has 2 saturated heterocycles. The summed E-state index contributed by atoms with van der Waals surface area (Å²) in [6.45, 7) is 16.7. The van der Waals surface area contributed by atoms with Gasteiger partial charge in [-0.15, -0.1) is 0 Å². The SMILES string of the molecule is C=C1CN2CC(=C)CC2(CC)C1.CC. The second kappa shape index (κ2) is 4.31. The Morgan fingerprint density at radius 1 is 1.14 bits per heavy atom. The van der Waals surface area contributed by atoms with E-state index in [1.165, 1.54) is 30.4 Å². The first-order valence-corrected chi connectivity index (χ1v) is 5.75. The standard InChI is InChI=1S/C11H17N.C2H6/c1-4-11-5-9(2)7-12(11)8-10(3)6-11;1-2/h2-8H2,1H3;1-2H3. The van der Waals surface area contributed by atoms with E-state index < -0.39 is 0 Å². The van der Waals surface area contributed by atoms with E-state index in [0.29, 0.717) is 5.54 Å². The van der Waals surface area contributed by atoms with Gasteiger partial charge in [-0.1, -0.05) is 45.1 Å². The predicted molar refractivity (Wildman–Crippen MR) is 63.5 cm³/mol. The second-order valence-corrected chi connectivity index (χ2v) is 4.29. The first kappa shape index (κ1) is 11.5. The second-order valence-electron chi connectivity index (χ2n) is 4.29. The smallest absolute Gasteiger partial charge is 0.0288 e. The van der Waals surface area contributed by atoms with Crippen molar-refractivity contribution in [2.45, 2.75) is 45.6 Å². The molecule has 0 aromatic heterocycles. The lowest BCUT2D eigenvalue weighted by molar-refractivity contribution is 0.189. The Bertz CT molecular complexity index is 220. The van der Waals surface area contributed by atoms with Gasteiger partial charge in [0.2, 0.25) is 0 Å². The van der Waals surface area contributed by atoms with E-state index in [1.54, 1.807) is 0 Å². The lowest BCUT2D eigenvalue weighted by Crippen LogP contribution is -2.37. The molecule has 2 aliphatic heterocycles. The fourth-order valence-corrected chi connectivity index (χ4v) is 2.73. The van der Waals surface area contributed by atoms with E-state index in [2.05, 4.69) is 25.0 Å². The van der Waals surface area contributed by atoms with Gasteiger partial charge < -0.3 is 0 Å². The van der Waals surface area contributed by atoms with E-state index in [-0.39, 0.29) is 0 Å². The molecule has 1 nitrogen and oxygen atoms in total. The minimum absolute atomic E-state index is 0.425. The topological polar surface area (TPSA) is 3.24 Å². The van der Waals surface area contributed by atoms with Gasteiger partial charge in [0.25, 0.3) is 0 Å². The normalized spacial score (nSPS) is 24.5. The Balaban J connectivity index is 0.000000461. The van der Waals surface area contributed by atoms with Crippen molar-refractivity contribution in [3.8, 4) is 0 Å². The van der Waals surface area contributed by atoms with Crippen LogP contribution in [0.4, 0.5) is 0 Å². The summed E-state index contributed by atoms with van der Waals surface area (Å²) in [6.07, 6.45) is 3.64. The molecule has 0 amide bonds. The maximum atomic E-state index is 4.08. The van der Waals surface area contributed by atoms with Crippen molar-refractivity contribution in [2.24, 2.45) is 0 Å². The molecule has 0 bridgehead atoms. The van der Waals surface area contributed by atoms with Crippen molar-refractivity contribution in [3.05, 3.63) is 24.3 Å². The summed E-state index contributed by atoms with van der Waals surface area (Å²) in [4.78, 5) is 2.55. The summed E-state index contributed by atoms with van der Waals surface area (Å²) in [7, 11) is 0. The van der Waals surface area contributed by atoms with Gasteiger partial charge in [0.15, 0.2) is 0 Å². The number of rotatable bonds is 1. The summed E-state index contributed by atoms with van der Waals surface area (Å²) >= 11 is 0. The summed E-state index contributed by atoms with van der Waals surface area (Å²) < 4.78 is 0. The van der Waals surface area contributed by atoms with Crippen LogP contribution in [-0.2, 0) is 0 Å². The van der Waals surface area contributed by atoms with Crippen molar-refractivity contribution < 1.29 is 0 Å². The molecule has 2 aliphatic rings. The summed E-state index contributed by atoms with van der Waals surface area (Å²) in [5.74, 6) is 0. The van der Waals surface area contributed by atoms with Crippen LogP contribution in [0.15, 0.2) is 24.3 Å². The molecule has 0 aromatic carbocycles. The molecule has 0 N–H and O–H groups in total. The van der Waals surface area contributed by atoms with Gasteiger partial charge in [0.1, 0.15) is 0 Å². The van der Waals surface area contributed by atoms with Crippen LogP contribution in [0.25, 0.3) is 0 Å². The molecule has 0 unspecified atom stereocenters. The molecule has 1 heteroatoms. The van der Waals surface area contributed by atoms with E-state index in [1.807, 2.05) is 13.8 Å². The summed E-state index contributed by atoms with van der Waals surface area (Å²) in [5.41, 5.74) is 3.24. The van der Waals surface area contributed by atoms with Gasteiger partial charge in [-0.25, -0.2) is 0 Å². The van der Waals surface area contributed by atoms with E-state index in [0.717, 1.165) is 13.1 Å². The molecule has 0 atom stereocenters. The van der Waals surface area contributed by atoms with Crippen LogP contribution >= 0.6 is 0 Å². The molecule has 2 fully saturated rings. The van der Waals surface area contributed by atoms with Crippen molar-refractivity contribution in [1.29, 1.82) is 0 Å². The molecule has 80 valence electrons. The molecule has 0 spiro atoms. The highest BCUT2D eigenvalue weighted by atomic mass is 15.2. The Labute approximate surface area is 88.5 Å². The van der Waals surface area contributed by atoms with Crippen molar-refractivity contribution in [2.75, 3.05) is 13.1 Å². The third-order valence-corrected chi connectivity index (χ3v) is 3.32. The molecule has 0 radical (unpaired) electrons. The number of nitrogens with zero attached hydrogens (tertiary/aromatic N) is 1. The van der Waals surface area contributed by atoms with Gasteiger partial charge in [0.05, 0.1) is 0 Å². The minimum Gasteiger partial charge on any atom is -0.289 e. The lowest BCUT2D eigenvalue weighted by Gasteiger charge is -2.29. The zero-order chi connectivity index (χ0) is 10.8. The van der Waals surface area contributed by atoms with Crippen LogP contribution in [0.5, 0.6) is 0 Å². The van der Waals surface area contributed by atoms with Crippen molar-refractivity contribution in [1.82, 2.24) is 4.90 Å². The largest absolute Gasteiger partial charge is 0.289 e. The first-order valence-electron chi connectivity index (χ1n) is 5.75. The molecule has 0 saturated carbocycles. The molecular formula is C13H23N. The third kappa shape index (κ3) is 1.78. The van der Waals surface area contributed by atoms with Gasteiger partial charge in [-0.2, -0.15) is 0 Å². The van der Waals surface area contributed by atoms with E-state index >= 15 is 0 Å². The predicted octanol–water partition coefficient (Wildman–Crippen LogP) is 3.38. The van der Waals surface area contributed by atoms with Crippen LogP contribution < -0.4 is 0 Å². The maximum absolute atomic E-state index is 4.08. The lowest BCUT2D eigenvalue weighted by atomic mass is 9.89. The maximum Gasteiger partial charge on any atom is 0.0288 e. The molecule has 14 heavy (non-hydrogen) atoms. The molecule has 0 aromatic rings. The zero-order valence-electron chi connectivity index (χ0n) is 9.90. The molecule has 2 heterocycles. The Morgan fingerprint density at radius 3 is 1.86 bits per heavy atom. The fraction of sp³-hybridized carbons (Fsp3) is 0.692. The summed E-state index contributed by atoms with van der Waals surface area (Å²) in [5, 5.41) is 0. The van der Waals surface area contributed by atoms with Crippen LogP contribution in [0, 0.1) is 0 Å². The van der Waals surface area contributed by atoms with Crippen LogP contribution in [-0.4, -0.2) is 23.5 Å². The average Bonchev–Trinajstić information content (AvgIpc) is 2.60. The van der Waals surface area contributed by atoms with Crippen molar-refractivity contribution >= 4 is 0 Å². The Kier molecular flexibility index (Phi) is 3.54. The van der Waals surface area contributed by atoms with Crippen molar-refractivity contribution in [3.63, 3.8) is 0 Å². The van der Waals surface area contributed by atoms with Gasteiger partial charge >= 0.3 is 0 Å². The number of hydrogen-bond acceptors (Lipinski definition) is 1. The van der Waals surface area contributed by atoms with E-state index in [9.17, 15) is 0 Å². The quantitative estimate of drug-likeness (QED) is 0.577. The monoisotopic (exact) mass is 193 g/mol.